The minimum atomic E-state index is -5.19. The average molecular weight is 315 g/mol. The highest BCUT2D eigenvalue weighted by Crippen LogP contribution is 2.11. The lowest BCUT2D eigenvalue weighted by atomic mass is 10.0. The van der Waals surface area contributed by atoms with Gasteiger partial charge in [0.2, 0.25) is 0 Å². The molecule has 6 heteroatoms. The van der Waals surface area contributed by atoms with Gasteiger partial charge in [0.25, 0.3) is 0 Å². The molecule has 0 radical (unpaired) electrons. The molecule has 1 aromatic carbocycles. The third-order valence-electron chi connectivity index (χ3n) is 3.70. The molecule has 1 aliphatic rings. The first-order valence-corrected chi connectivity index (χ1v) is 7.09. The van der Waals surface area contributed by atoms with Crippen LogP contribution in [0.5, 0.6) is 0 Å². The van der Waals surface area contributed by atoms with E-state index >= 15 is 0 Å². The molecule has 0 aliphatic carbocycles. The van der Waals surface area contributed by atoms with E-state index in [-0.39, 0.29) is 0 Å². The molecule has 3 atom stereocenters. The van der Waals surface area contributed by atoms with E-state index in [2.05, 4.69) is 56.3 Å². The predicted molar refractivity (Wildman–Crippen MR) is 75.0 cm³/mol. The first kappa shape index (κ1) is 18.2. The second-order valence-corrected chi connectivity index (χ2v) is 5.25. The van der Waals surface area contributed by atoms with Crippen molar-refractivity contribution in [1.29, 1.82) is 0 Å². The van der Waals surface area contributed by atoms with Crippen LogP contribution in [-0.2, 0) is 4.79 Å². The zero-order valence-electron chi connectivity index (χ0n) is 12.6. The predicted octanol–water partition coefficient (Wildman–Crippen LogP) is 1.28. The van der Waals surface area contributed by atoms with E-state index in [4.69, 9.17) is 9.90 Å². The van der Waals surface area contributed by atoms with E-state index in [9.17, 15) is 13.2 Å². The minimum absolute atomic E-state index is 0.603. The van der Waals surface area contributed by atoms with Gasteiger partial charge in [0, 0.05) is 12.0 Å². The Morgan fingerprint density at radius 1 is 1.32 bits per heavy atom. The van der Waals surface area contributed by atoms with Gasteiger partial charge in [-0.15, -0.1) is 0 Å². The van der Waals surface area contributed by atoms with Crippen LogP contribution >= 0.6 is 0 Å². The highest BCUT2D eigenvalue weighted by Gasteiger charge is 2.28. The molecule has 0 saturated heterocycles. The number of nitrogens with one attached hydrogen (secondary N) is 1. The maximum atomic E-state index is 10.5. The van der Waals surface area contributed by atoms with Crippen LogP contribution in [0.3, 0.4) is 0 Å². The van der Waals surface area contributed by atoms with Crippen LogP contribution in [0, 0.1) is 0 Å². The Kier molecular flexibility index (Phi) is 6.61. The second kappa shape index (κ2) is 7.98. The highest BCUT2D eigenvalue weighted by molar-refractivity contribution is 5.70. The zero-order chi connectivity index (χ0) is 16.8. The van der Waals surface area contributed by atoms with Gasteiger partial charge in [-0.05, 0) is 19.9 Å². The number of halogens is 3. The Morgan fingerprint density at radius 3 is 2.32 bits per heavy atom. The third-order valence-corrected chi connectivity index (χ3v) is 3.70. The number of hydrogen-bond donors (Lipinski definition) is 1. The number of aliphatic carboxylic acids is 1. The van der Waals surface area contributed by atoms with Crippen LogP contribution in [0.2, 0.25) is 0 Å². The standard InChI is InChI=1S/C14H19N.C2HF3O2/c1-12-8-6-7-11-15(12)13(2)14-9-4-3-5-10-14;3-2(4,5)1(6)7/h3-6,8-10,12-13H,7,11H2,1-2H3;(H,6,7)/t12-,13+;/m0./s1. The molecule has 1 heterocycles. The molecule has 3 nitrogen and oxygen atoms in total. The van der Waals surface area contributed by atoms with Crippen molar-refractivity contribution < 1.29 is 28.0 Å². The normalized spacial score (nSPS) is 22.4. The molecule has 0 spiro atoms. The first-order chi connectivity index (χ1) is 10.2. The summed E-state index contributed by atoms with van der Waals surface area (Å²) in [5, 5.41) is 8.78. The van der Waals surface area contributed by atoms with Crippen molar-refractivity contribution in [2.75, 3.05) is 6.54 Å². The topological polar surface area (TPSA) is 44.6 Å². The van der Waals surface area contributed by atoms with E-state index in [1.807, 2.05) is 0 Å². The van der Waals surface area contributed by atoms with E-state index < -0.39 is 12.1 Å². The summed E-state index contributed by atoms with van der Waals surface area (Å²) < 4.78 is 31.5. The molecule has 1 aromatic rings. The molecule has 122 valence electrons. The van der Waals surface area contributed by atoms with Gasteiger partial charge < -0.3 is 14.8 Å². The van der Waals surface area contributed by atoms with Crippen molar-refractivity contribution in [2.45, 2.75) is 38.5 Å². The quantitative estimate of drug-likeness (QED) is 0.836. The van der Waals surface area contributed by atoms with Crippen LogP contribution in [0.1, 0.15) is 31.9 Å². The maximum absolute atomic E-state index is 10.5. The van der Waals surface area contributed by atoms with Crippen LogP contribution < -0.4 is 10.0 Å². The van der Waals surface area contributed by atoms with Gasteiger partial charge in [-0.1, -0.05) is 36.4 Å². The molecule has 2 rings (SSSR count). The van der Waals surface area contributed by atoms with Gasteiger partial charge in [-0.2, -0.15) is 13.2 Å². The van der Waals surface area contributed by atoms with Crippen molar-refractivity contribution >= 4 is 5.97 Å². The molecule has 1 unspecified atom stereocenters. The van der Waals surface area contributed by atoms with Gasteiger partial charge in [0.1, 0.15) is 18.1 Å². The smallest absolute Gasteiger partial charge is 0.430 e. The SMILES string of the molecule is C[C@H](c1ccccc1)[NH+]1CCC=C[C@@H]1C.O=C([O-])C(F)(F)F. The summed E-state index contributed by atoms with van der Waals surface area (Å²) in [5.41, 5.74) is 1.45. The number of carboxylic acid groups (broad SMARTS) is 1. The summed E-state index contributed by atoms with van der Waals surface area (Å²) in [6.07, 6.45) is 0.682. The molecular weight excluding hydrogens is 295 g/mol. The largest absolute Gasteiger partial charge is 0.542 e. The molecule has 0 bridgehead atoms. The summed E-state index contributed by atoms with van der Waals surface area (Å²) in [5.74, 6) is -3.01. The van der Waals surface area contributed by atoms with Crippen molar-refractivity contribution in [1.82, 2.24) is 0 Å². The Balaban J connectivity index is 0.000000295. The molecule has 0 saturated carbocycles. The van der Waals surface area contributed by atoms with Crippen LogP contribution in [0.25, 0.3) is 0 Å². The number of carboxylic acids is 1. The summed E-state index contributed by atoms with van der Waals surface area (Å²) >= 11 is 0. The van der Waals surface area contributed by atoms with Gasteiger partial charge >= 0.3 is 6.18 Å². The lowest BCUT2D eigenvalue weighted by Crippen LogP contribution is -3.15. The van der Waals surface area contributed by atoms with Crippen LogP contribution in [0.15, 0.2) is 42.5 Å². The Morgan fingerprint density at radius 2 is 1.86 bits per heavy atom. The summed E-state index contributed by atoms with van der Waals surface area (Å²) in [7, 11) is 0. The summed E-state index contributed by atoms with van der Waals surface area (Å²) in [6, 6.07) is 12.1. The number of alkyl halides is 3. The molecule has 1 N–H and O–H groups in total. The number of hydrogen-bond acceptors (Lipinski definition) is 2. The molecule has 0 aromatic heterocycles. The molecule has 22 heavy (non-hydrogen) atoms. The third kappa shape index (κ3) is 5.52. The van der Waals surface area contributed by atoms with E-state index in [0.29, 0.717) is 12.1 Å². The Hall–Kier alpha value is -1.82. The second-order valence-electron chi connectivity index (χ2n) is 5.25. The minimum Gasteiger partial charge on any atom is -0.542 e. The van der Waals surface area contributed by atoms with Gasteiger partial charge in [-0.3, -0.25) is 0 Å². The monoisotopic (exact) mass is 315 g/mol. The molecule has 0 amide bonds. The summed E-state index contributed by atoms with van der Waals surface area (Å²) in [4.78, 5) is 10.5. The Labute approximate surface area is 128 Å². The lowest BCUT2D eigenvalue weighted by Gasteiger charge is -2.32. The van der Waals surface area contributed by atoms with Gasteiger partial charge in [0.05, 0.1) is 6.54 Å². The van der Waals surface area contributed by atoms with Gasteiger partial charge in [0.15, 0.2) is 0 Å². The fourth-order valence-corrected chi connectivity index (χ4v) is 2.47. The van der Waals surface area contributed by atoms with Crippen LogP contribution in [0.4, 0.5) is 13.2 Å². The van der Waals surface area contributed by atoms with Crippen molar-refractivity contribution in [3.05, 3.63) is 48.0 Å². The number of rotatable bonds is 2. The van der Waals surface area contributed by atoms with E-state index in [1.165, 1.54) is 18.5 Å². The Bertz CT molecular complexity index is 500. The lowest BCUT2D eigenvalue weighted by molar-refractivity contribution is -0.947. The average Bonchev–Trinajstić information content (AvgIpc) is 2.47. The number of benzene rings is 1. The van der Waals surface area contributed by atoms with Crippen molar-refractivity contribution in [3.8, 4) is 0 Å². The number of carbonyl (C=O) groups is 1. The fourth-order valence-electron chi connectivity index (χ4n) is 2.47. The van der Waals surface area contributed by atoms with Crippen LogP contribution in [-0.4, -0.2) is 24.7 Å². The van der Waals surface area contributed by atoms with Gasteiger partial charge in [-0.25, -0.2) is 0 Å². The molecular formula is C16H20F3NO2. The molecule has 1 aliphatic heterocycles. The number of carbonyl (C=O) groups excluding carboxylic acids is 1. The first-order valence-electron chi connectivity index (χ1n) is 7.09. The molecule has 0 fully saturated rings. The van der Waals surface area contributed by atoms with Crippen molar-refractivity contribution in [2.24, 2.45) is 0 Å². The highest BCUT2D eigenvalue weighted by atomic mass is 19.4. The maximum Gasteiger partial charge on any atom is 0.430 e. The zero-order valence-corrected chi connectivity index (χ0v) is 12.6. The van der Waals surface area contributed by atoms with E-state index in [1.54, 1.807) is 4.90 Å². The fraction of sp³-hybridized carbons (Fsp3) is 0.438. The number of quaternary nitrogens is 1. The van der Waals surface area contributed by atoms with Crippen molar-refractivity contribution in [3.63, 3.8) is 0 Å². The summed E-state index contributed by atoms with van der Waals surface area (Å²) in [6.45, 7) is 5.90. The van der Waals surface area contributed by atoms with E-state index in [0.717, 1.165) is 0 Å².